The summed E-state index contributed by atoms with van der Waals surface area (Å²) in [5.74, 6) is 0.523. The number of hydrogen-bond acceptors (Lipinski definition) is 3. The number of nitrogens with zero attached hydrogens (tertiary/aromatic N) is 3. The van der Waals surface area contributed by atoms with Gasteiger partial charge in [-0.25, -0.2) is 9.97 Å². The molecule has 0 unspecified atom stereocenters. The Labute approximate surface area is 116 Å². The van der Waals surface area contributed by atoms with Crippen LogP contribution in [-0.4, -0.2) is 15.9 Å². The zero-order chi connectivity index (χ0) is 13.9. The molecule has 0 saturated carbocycles. The van der Waals surface area contributed by atoms with E-state index < -0.39 is 0 Å². The molecule has 3 rings (SSSR count). The Morgan fingerprint density at radius 1 is 0.950 bits per heavy atom. The van der Waals surface area contributed by atoms with Gasteiger partial charge in [-0.05, 0) is 24.3 Å². The predicted molar refractivity (Wildman–Crippen MR) is 78.8 cm³/mol. The zero-order valence-electron chi connectivity index (χ0n) is 11.0. The number of carbonyl (C=O) groups excluding carboxylic acids is 1. The summed E-state index contributed by atoms with van der Waals surface area (Å²) in [6.45, 7) is 1.53. The zero-order valence-corrected chi connectivity index (χ0v) is 11.0. The highest BCUT2D eigenvalue weighted by molar-refractivity contribution is 6.05. The van der Waals surface area contributed by atoms with Gasteiger partial charge >= 0.3 is 0 Å². The van der Waals surface area contributed by atoms with E-state index in [4.69, 9.17) is 0 Å². The third kappa shape index (κ3) is 2.12. The number of hydrogen-bond donors (Lipinski definition) is 0. The van der Waals surface area contributed by atoms with E-state index in [9.17, 15) is 4.79 Å². The number of fused-ring (bicyclic) bond motifs is 1. The Morgan fingerprint density at radius 3 is 2.40 bits per heavy atom. The molecule has 0 aliphatic heterocycles. The van der Waals surface area contributed by atoms with Crippen LogP contribution in [0.15, 0.2) is 60.9 Å². The van der Waals surface area contributed by atoms with Crippen LogP contribution < -0.4 is 4.90 Å². The lowest BCUT2D eigenvalue weighted by Crippen LogP contribution is -2.24. The van der Waals surface area contributed by atoms with Gasteiger partial charge in [-0.2, -0.15) is 0 Å². The lowest BCUT2D eigenvalue weighted by Gasteiger charge is -2.21. The van der Waals surface area contributed by atoms with E-state index in [0.29, 0.717) is 5.82 Å². The molecule has 0 spiro atoms. The maximum absolute atomic E-state index is 12.1. The van der Waals surface area contributed by atoms with E-state index in [2.05, 4.69) is 9.97 Å². The minimum Gasteiger partial charge on any atom is -0.274 e. The molecule has 4 nitrogen and oxygen atoms in total. The van der Waals surface area contributed by atoms with E-state index in [1.54, 1.807) is 4.90 Å². The minimum absolute atomic E-state index is 0.0833. The molecule has 0 aliphatic rings. The molecule has 1 aromatic heterocycles. The van der Waals surface area contributed by atoms with Crippen LogP contribution >= 0.6 is 0 Å². The summed E-state index contributed by atoms with van der Waals surface area (Å²) in [7, 11) is 0. The van der Waals surface area contributed by atoms with Crippen LogP contribution in [0.1, 0.15) is 6.92 Å². The fourth-order valence-electron chi connectivity index (χ4n) is 2.20. The summed E-state index contributed by atoms with van der Waals surface area (Å²) in [4.78, 5) is 22.2. The Balaban J connectivity index is 2.23. The monoisotopic (exact) mass is 263 g/mol. The van der Waals surface area contributed by atoms with Crippen molar-refractivity contribution >= 4 is 28.3 Å². The smallest absolute Gasteiger partial charge is 0.229 e. The first-order valence-electron chi connectivity index (χ1n) is 6.33. The number of rotatable bonds is 2. The summed E-state index contributed by atoms with van der Waals surface area (Å²) >= 11 is 0. The van der Waals surface area contributed by atoms with Crippen LogP contribution in [0.2, 0.25) is 0 Å². The van der Waals surface area contributed by atoms with Crippen LogP contribution in [0.25, 0.3) is 10.9 Å². The molecule has 0 atom stereocenters. The van der Waals surface area contributed by atoms with Gasteiger partial charge in [0.15, 0.2) is 5.82 Å². The van der Waals surface area contributed by atoms with Gasteiger partial charge in [-0.15, -0.1) is 0 Å². The summed E-state index contributed by atoms with van der Waals surface area (Å²) in [6.07, 6.45) is 1.48. The number of aromatic nitrogens is 2. The van der Waals surface area contributed by atoms with Gasteiger partial charge < -0.3 is 0 Å². The summed E-state index contributed by atoms with van der Waals surface area (Å²) in [5.41, 5.74) is 1.61. The highest BCUT2D eigenvalue weighted by atomic mass is 16.2. The van der Waals surface area contributed by atoms with E-state index in [1.165, 1.54) is 13.3 Å². The third-order valence-electron chi connectivity index (χ3n) is 3.06. The third-order valence-corrected chi connectivity index (χ3v) is 3.06. The molecule has 0 radical (unpaired) electrons. The van der Waals surface area contributed by atoms with E-state index in [-0.39, 0.29) is 5.91 Å². The highest BCUT2D eigenvalue weighted by Gasteiger charge is 2.17. The van der Waals surface area contributed by atoms with Crippen molar-refractivity contribution in [1.82, 2.24) is 9.97 Å². The Hall–Kier alpha value is -2.75. The molecule has 1 heterocycles. The molecular weight excluding hydrogens is 250 g/mol. The molecule has 98 valence electrons. The molecule has 2 aromatic carbocycles. The summed E-state index contributed by atoms with van der Waals surface area (Å²) < 4.78 is 0. The van der Waals surface area contributed by atoms with Gasteiger partial charge in [-0.1, -0.05) is 30.3 Å². The lowest BCUT2D eigenvalue weighted by atomic mass is 10.2. The molecule has 20 heavy (non-hydrogen) atoms. The second-order valence-electron chi connectivity index (χ2n) is 4.40. The van der Waals surface area contributed by atoms with Gasteiger partial charge in [-0.3, -0.25) is 9.69 Å². The Morgan fingerprint density at radius 2 is 1.65 bits per heavy atom. The highest BCUT2D eigenvalue weighted by Crippen LogP contribution is 2.29. The standard InChI is InChI=1S/C16H13N3O/c1-12(20)19(13-7-3-2-4-8-13)16-14-9-5-6-10-15(14)17-11-18-16/h2-11H,1H3. The first-order valence-corrected chi connectivity index (χ1v) is 6.33. The maximum atomic E-state index is 12.1. The van der Waals surface area contributed by atoms with Crippen LogP contribution in [0.4, 0.5) is 11.5 Å². The van der Waals surface area contributed by atoms with E-state index >= 15 is 0 Å². The number of amides is 1. The topological polar surface area (TPSA) is 46.1 Å². The molecule has 0 N–H and O–H groups in total. The van der Waals surface area contributed by atoms with Crippen molar-refractivity contribution < 1.29 is 4.79 Å². The van der Waals surface area contributed by atoms with Crippen LogP contribution in [0, 0.1) is 0 Å². The van der Waals surface area contributed by atoms with Crippen LogP contribution in [-0.2, 0) is 4.79 Å². The van der Waals surface area contributed by atoms with E-state index in [1.807, 2.05) is 54.6 Å². The normalized spacial score (nSPS) is 10.4. The van der Waals surface area contributed by atoms with Gasteiger partial charge in [0.05, 0.1) is 11.2 Å². The number of para-hydroxylation sites is 2. The Bertz CT molecular complexity index is 751. The number of benzene rings is 2. The molecule has 0 saturated heterocycles. The van der Waals surface area contributed by atoms with Gasteiger partial charge in [0.25, 0.3) is 0 Å². The largest absolute Gasteiger partial charge is 0.274 e. The van der Waals surface area contributed by atoms with Crippen LogP contribution in [0.3, 0.4) is 0 Å². The molecule has 1 amide bonds. The minimum atomic E-state index is -0.0833. The Kier molecular flexibility index (Phi) is 3.13. The number of anilines is 2. The van der Waals surface area contributed by atoms with Gasteiger partial charge in [0, 0.05) is 12.3 Å². The van der Waals surface area contributed by atoms with Gasteiger partial charge in [0.1, 0.15) is 6.33 Å². The SMILES string of the molecule is CC(=O)N(c1ccccc1)c1ncnc2ccccc12. The average Bonchev–Trinajstić information content (AvgIpc) is 2.48. The average molecular weight is 263 g/mol. The summed E-state index contributed by atoms with van der Waals surface area (Å²) in [5, 5.41) is 0.856. The van der Waals surface area contributed by atoms with Crippen LogP contribution in [0.5, 0.6) is 0 Å². The molecular formula is C16H13N3O. The molecule has 0 aliphatic carbocycles. The molecule has 0 bridgehead atoms. The summed E-state index contributed by atoms with van der Waals surface area (Å²) in [6, 6.07) is 17.1. The van der Waals surface area contributed by atoms with Crippen molar-refractivity contribution in [3.8, 4) is 0 Å². The predicted octanol–water partition coefficient (Wildman–Crippen LogP) is 3.31. The fraction of sp³-hybridized carbons (Fsp3) is 0.0625. The van der Waals surface area contributed by atoms with Crippen molar-refractivity contribution in [3.63, 3.8) is 0 Å². The second-order valence-corrected chi connectivity index (χ2v) is 4.40. The van der Waals surface area contributed by atoms with Crippen molar-refractivity contribution in [2.75, 3.05) is 4.90 Å². The van der Waals surface area contributed by atoms with Crippen molar-refractivity contribution in [3.05, 3.63) is 60.9 Å². The molecule has 3 aromatic rings. The molecule has 4 heteroatoms. The second kappa shape index (κ2) is 5.09. The van der Waals surface area contributed by atoms with Crippen molar-refractivity contribution in [2.45, 2.75) is 6.92 Å². The first kappa shape index (κ1) is 12.3. The van der Waals surface area contributed by atoms with Gasteiger partial charge in [0.2, 0.25) is 5.91 Å². The molecule has 0 fully saturated rings. The van der Waals surface area contributed by atoms with Crippen molar-refractivity contribution in [2.24, 2.45) is 0 Å². The first-order chi connectivity index (χ1) is 9.77. The quantitative estimate of drug-likeness (QED) is 0.712. The van der Waals surface area contributed by atoms with E-state index in [0.717, 1.165) is 16.6 Å². The fourth-order valence-corrected chi connectivity index (χ4v) is 2.20. The maximum Gasteiger partial charge on any atom is 0.229 e. The van der Waals surface area contributed by atoms with Crippen molar-refractivity contribution in [1.29, 1.82) is 0 Å². The lowest BCUT2D eigenvalue weighted by molar-refractivity contribution is -0.115. The number of carbonyl (C=O) groups is 1.